The molecule has 0 bridgehead atoms. The molecule has 0 fully saturated rings. The van der Waals surface area contributed by atoms with Gasteiger partial charge in [-0.1, -0.05) is 71.4 Å². The van der Waals surface area contributed by atoms with Crippen molar-refractivity contribution in [3.8, 4) is 0 Å². The van der Waals surface area contributed by atoms with Crippen LogP contribution < -0.4 is 10.6 Å². The maximum absolute atomic E-state index is 12.2. The Bertz CT molecular complexity index is 492. The minimum Gasteiger partial charge on any atom is -0.444 e. The molecule has 0 radical (unpaired) electrons. The minimum atomic E-state index is -0.757. The Morgan fingerprint density at radius 1 is 1.08 bits per heavy atom. The van der Waals surface area contributed by atoms with Crippen molar-refractivity contribution in [2.24, 2.45) is 0 Å². The van der Waals surface area contributed by atoms with E-state index in [2.05, 4.69) is 24.5 Å². The number of hydrogen-bond acceptors (Lipinski definition) is 3. The van der Waals surface area contributed by atoms with Crippen molar-refractivity contribution in [2.45, 2.75) is 79.9 Å². The maximum Gasteiger partial charge on any atom is 0.408 e. The zero-order valence-electron chi connectivity index (χ0n) is 17.8. The van der Waals surface area contributed by atoms with Crippen LogP contribution in [0.5, 0.6) is 0 Å². The topological polar surface area (TPSA) is 67.4 Å². The number of ether oxygens (including phenoxy) is 1. The molecule has 0 aliphatic rings. The number of hydrogen-bond donors (Lipinski definition) is 2. The highest BCUT2D eigenvalue weighted by Crippen LogP contribution is 2.14. The Hall–Kier alpha value is -2.04. The summed E-state index contributed by atoms with van der Waals surface area (Å²) < 4.78 is 5.21. The third-order valence-electron chi connectivity index (χ3n) is 2.61. The summed E-state index contributed by atoms with van der Waals surface area (Å²) in [7, 11) is 0. The van der Waals surface area contributed by atoms with Crippen LogP contribution in [0.2, 0.25) is 0 Å². The molecular formula is C21H42N2O3. The third-order valence-corrected chi connectivity index (χ3v) is 2.61. The van der Waals surface area contributed by atoms with Crippen LogP contribution in [-0.4, -0.2) is 24.1 Å². The van der Waals surface area contributed by atoms with E-state index in [1.165, 1.54) is 6.42 Å². The molecule has 1 aromatic rings. The third kappa shape index (κ3) is 13.3. The van der Waals surface area contributed by atoms with Gasteiger partial charge in [0.15, 0.2) is 0 Å². The van der Waals surface area contributed by atoms with Gasteiger partial charge in [-0.3, -0.25) is 4.79 Å². The fraction of sp³-hybridized carbons (Fsp3) is 0.619. The zero-order valence-corrected chi connectivity index (χ0v) is 17.8. The lowest BCUT2D eigenvalue weighted by atomic mass is 10.1. The standard InChI is InChI=1S/C16H24N2O3.C3H8.C2H6.2H2/c1-5-11-17-14(19)13(12-9-7-6-8-10-12)18-15(20)21-16(2,3)4;1-3-2;1-2;;/h6-10,13H,5,11H2,1-4H3,(H,17,19)(H,18,20);3H2,1-2H3;1-2H3;2*1H. The van der Waals surface area contributed by atoms with E-state index in [0.717, 1.165) is 12.0 Å². The van der Waals surface area contributed by atoms with Crippen molar-refractivity contribution >= 4 is 12.0 Å². The zero-order chi connectivity index (χ0) is 20.6. The Balaban J connectivity index is -0.000000374. The molecule has 1 aromatic carbocycles. The van der Waals surface area contributed by atoms with Crippen LogP contribution in [0.3, 0.4) is 0 Å². The first-order valence-electron chi connectivity index (χ1n) is 9.57. The highest BCUT2D eigenvalue weighted by Gasteiger charge is 2.25. The Labute approximate surface area is 162 Å². The van der Waals surface area contributed by atoms with E-state index < -0.39 is 17.7 Å². The first-order valence-corrected chi connectivity index (χ1v) is 9.57. The Morgan fingerprint density at radius 3 is 2.00 bits per heavy atom. The molecule has 0 aliphatic heterocycles. The first-order chi connectivity index (χ1) is 12.2. The molecule has 5 heteroatoms. The number of benzene rings is 1. The van der Waals surface area contributed by atoms with Crippen LogP contribution in [-0.2, 0) is 9.53 Å². The van der Waals surface area contributed by atoms with Gasteiger partial charge in [0.25, 0.3) is 0 Å². The van der Waals surface area contributed by atoms with Gasteiger partial charge < -0.3 is 15.4 Å². The van der Waals surface area contributed by atoms with Gasteiger partial charge in [-0.05, 0) is 32.8 Å². The van der Waals surface area contributed by atoms with E-state index in [4.69, 9.17) is 4.74 Å². The summed E-state index contributed by atoms with van der Waals surface area (Å²) in [4.78, 5) is 24.1. The Kier molecular flexibility index (Phi) is 15.3. The number of alkyl carbamates (subject to hydrolysis) is 1. The van der Waals surface area contributed by atoms with Crippen LogP contribution in [0, 0.1) is 0 Å². The fourth-order valence-electron chi connectivity index (χ4n) is 1.72. The van der Waals surface area contributed by atoms with Gasteiger partial charge in [-0.15, -0.1) is 0 Å². The largest absolute Gasteiger partial charge is 0.444 e. The number of nitrogens with one attached hydrogen (secondary N) is 2. The molecule has 154 valence electrons. The average Bonchev–Trinajstić information content (AvgIpc) is 2.59. The molecule has 2 amide bonds. The Morgan fingerprint density at radius 2 is 1.58 bits per heavy atom. The molecule has 0 saturated carbocycles. The molecule has 0 saturated heterocycles. The summed E-state index contributed by atoms with van der Waals surface area (Å²) in [5.41, 5.74) is 0.113. The molecule has 0 aliphatic carbocycles. The molecule has 2 N–H and O–H groups in total. The van der Waals surface area contributed by atoms with Gasteiger partial charge >= 0.3 is 6.09 Å². The quantitative estimate of drug-likeness (QED) is 0.697. The minimum absolute atomic E-state index is 0. The number of amides is 2. The van der Waals surface area contributed by atoms with Gasteiger partial charge in [-0.25, -0.2) is 4.79 Å². The molecule has 1 unspecified atom stereocenters. The van der Waals surface area contributed by atoms with Crippen LogP contribution in [0.1, 0.15) is 82.7 Å². The average molecular weight is 371 g/mol. The first kappa shape index (κ1) is 26.2. The van der Waals surface area contributed by atoms with E-state index in [1.54, 1.807) is 32.9 Å². The van der Waals surface area contributed by atoms with Crippen LogP contribution in [0.25, 0.3) is 0 Å². The lowest BCUT2D eigenvalue weighted by Crippen LogP contribution is -2.42. The van der Waals surface area contributed by atoms with Crippen LogP contribution >= 0.6 is 0 Å². The van der Waals surface area contributed by atoms with Gasteiger partial charge in [0, 0.05) is 9.40 Å². The summed E-state index contributed by atoms with van der Waals surface area (Å²) in [6, 6.07) is 8.35. The van der Waals surface area contributed by atoms with E-state index in [9.17, 15) is 9.59 Å². The van der Waals surface area contributed by atoms with Gasteiger partial charge in [0.1, 0.15) is 11.6 Å². The molecule has 0 spiro atoms. The molecular weight excluding hydrogens is 328 g/mol. The molecule has 1 rings (SSSR count). The maximum atomic E-state index is 12.2. The van der Waals surface area contributed by atoms with Gasteiger partial charge in [0.2, 0.25) is 5.91 Å². The number of carbonyl (C=O) groups is 2. The fourth-order valence-corrected chi connectivity index (χ4v) is 1.72. The molecule has 0 aromatic heterocycles. The van der Waals surface area contributed by atoms with Gasteiger partial charge in [-0.2, -0.15) is 0 Å². The smallest absolute Gasteiger partial charge is 0.408 e. The highest BCUT2D eigenvalue weighted by atomic mass is 16.6. The predicted molar refractivity (Wildman–Crippen MR) is 113 cm³/mol. The number of carbonyl (C=O) groups excluding carboxylic acids is 2. The molecule has 0 heterocycles. The van der Waals surface area contributed by atoms with E-state index >= 15 is 0 Å². The van der Waals surface area contributed by atoms with Crippen molar-refractivity contribution < 1.29 is 17.2 Å². The molecule has 26 heavy (non-hydrogen) atoms. The second-order valence-corrected chi connectivity index (χ2v) is 6.49. The van der Waals surface area contributed by atoms with E-state index in [-0.39, 0.29) is 8.76 Å². The SMILES string of the molecule is CC.CCC.CCCNC(=O)C(NC(=O)OC(C)(C)C)c1ccccc1.[HH].[HH]. The van der Waals surface area contributed by atoms with Crippen LogP contribution in [0.4, 0.5) is 4.79 Å². The van der Waals surface area contributed by atoms with E-state index in [0.29, 0.717) is 6.54 Å². The monoisotopic (exact) mass is 370 g/mol. The van der Waals surface area contributed by atoms with Crippen molar-refractivity contribution in [1.82, 2.24) is 10.6 Å². The summed E-state index contributed by atoms with van der Waals surface area (Å²) in [6.07, 6.45) is 1.47. The van der Waals surface area contributed by atoms with Gasteiger partial charge in [0.05, 0.1) is 0 Å². The second kappa shape index (κ2) is 15.2. The lowest BCUT2D eigenvalue weighted by molar-refractivity contribution is -0.123. The number of rotatable bonds is 5. The summed E-state index contributed by atoms with van der Waals surface area (Å²) >= 11 is 0. The molecule has 1 atom stereocenters. The highest BCUT2D eigenvalue weighted by molar-refractivity contribution is 5.86. The second-order valence-electron chi connectivity index (χ2n) is 6.49. The lowest BCUT2D eigenvalue weighted by Gasteiger charge is -2.23. The van der Waals surface area contributed by atoms with Crippen molar-refractivity contribution in [1.29, 1.82) is 0 Å². The normalized spacial score (nSPS) is 10.9. The van der Waals surface area contributed by atoms with Crippen molar-refractivity contribution in [3.63, 3.8) is 0 Å². The summed E-state index contributed by atoms with van der Waals surface area (Å²) in [5, 5.41) is 5.42. The summed E-state index contributed by atoms with van der Waals surface area (Å²) in [5.74, 6) is -0.242. The summed E-state index contributed by atoms with van der Waals surface area (Å²) in [6.45, 7) is 16.1. The van der Waals surface area contributed by atoms with Crippen LogP contribution in [0.15, 0.2) is 30.3 Å². The molecule has 5 nitrogen and oxygen atoms in total. The van der Waals surface area contributed by atoms with E-state index in [1.807, 2.05) is 39.0 Å². The van der Waals surface area contributed by atoms with Crippen molar-refractivity contribution in [2.75, 3.05) is 6.54 Å². The van der Waals surface area contributed by atoms with Crippen molar-refractivity contribution in [3.05, 3.63) is 35.9 Å². The predicted octanol–water partition coefficient (Wildman–Crippen LogP) is 5.71.